The first-order valence-corrected chi connectivity index (χ1v) is 8.06. The molecule has 0 bridgehead atoms. The summed E-state index contributed by atoms with van der Waals surface area (Å²) in [5.41, 5.74) is 7.08. The molecule has 0 heterocycles. The van der Waals surface area contributed by atoms with E-state index in [2.05, 4.69) is 10.6 Å². The summed E-state index contributed by atoms with van der Waals surface area (Å²) >= 11 is 0. The van der Waals surface area contributed by atoms with Crippen molar-refractivity contribution in [1.29, 1.82) is 0 Å². The standard InChI is InChI=1S/C17H27N3O3/c1-13-8-4-5-9-14(13)20-16(21)12-15(17(22)23)19-11-7-3-2-6-10-18/h4-5,8-9,15,19H,2-3,6-7,10-12,18H2,1H3,(H,20,21)(H,22,23)/t15-/m0/s1. The number of carbonyl (C=O) groups is 2. The molecule has 5 N–H and O–H groups in total. The monoisotopic (exact) mass is 321 g/mol. The Kier molecular flexibility index (Phi) is 8.94. The van der Waals surface area contributed by atoms with Crippen LogP contribution in [0, 0.1) is 6.92 Å². The Morgan fingerprint density at radius 1 is 1.17 bits per heavy atom. The van der Waals surface area contributed by atoms with Gasteiger partial charge in [0.05, 0.1) is 6.42 Å². The quantitative estimate of drug-likeness (QED) is 0.466. The van der Waals surface area contributed by atoms with Gasteiger partial charge < -0.3 is 21.5 Å². The number of para-hydroxylation sites is 1. The van der Waals surface area contributed by atoms with Gasteiger partial charge in [-0.1, -0.05) is 31.0 Å². The molecule has 6 heteroatoms. The number of nitrogens with one attached hydrogen (secondary N) is 2. The lowest BCUT2D eigenvalue weighted by Gasteiger charge is -2.15. The van der Waals surface area contributed by atoms with Gasteiger partial charge in [-0.3, -0.25) is 9.59 Å². The van der Waals surface area contributed by atoms with Crippen LogP contribution in [-0.4, -0.2) is 36.1 Å². The van der Waals surface area contributed by atoms with Crippen LogP contribution in [0.2, 0.25) is 0 Å². The van der Waals surface area contributed by atoms with Crippen LogP contribution in [0.5, 0.6) is 0 Å². The van der Waals surface area contributed by atoms with Crippen molar-refractivity contribution in [2.75, 3.05) is 18.4 Å². The van der Waals surface area contributed by atoms with Crippen molar-refractivity contribution < 1.29 is 14.7 Å². The van der Waals surface area contributed by atoms with Gasteiger partial charge in [-0.15, -0.1) is 0 Å². The van der Waals surface area contributed by atoms with Gasteiger partial charge in [-0.2, -0.15) is 0 Å². The van der Waals surface area contributed by atoms with Gasteiger partial charge >= 0.3 is 5.97 Å². The second-order valence-corrected chi connectivity index (χ2v) is 5.62. The fraction of sp³-hybridized carbons (Fsp3) is 0.529. The minimum absolute atomic E-state index is 0.0908. The molecule has 1 rings (SSSR count). The molecule has 0 aliphatic rings. The largest absolute Gasteiger partial charge is 0.480 e. The Morgan fingerprint density at radius 3 is 2.52 bits per heavy atom. The molecular formula is C17H27N3O3. The fourth-order valence-corrected chi connectivity index (χ4v) is 2.25. The maximum atomic E-state index is 12.0. The normalized spacial score (nSPS) is 11.9. The van der Waals surface area contributed by atoms with E-state index in [-0.39, 0.29) is 12.3 Å². The van der Waals surface area contributed by atoms with Crippen molar-refractivity contribution >= 4 is 17.6 Å². The number of aryl methyl sites for hydroxylation is 1. The lowest BCUT2D eigenvalue weighted by Crippen LogP contribution is -2.40. The molecule has 6 nitrogen and oxygen atoms in total. The highest BCUT2D eigenvalue weighted by Gasteiger charge is 2.20. The van der Waals surface area contributed by atoms with Crippen LogP contribution in [0.3, 0.4) is 0 Å². The summed E-state index contributed by atoms with van der Waals surface area (Å²) < 4.78 is 0. The van der Waals surface area contributed by atoms with Crippen molar-refractivity contribution in [3.63, 3.8) is 0 Å². The Balaban J connectivity index is 2.38. The average molecular weight is 321 g/mol. The molecule has 1 atom stereocenters. The van der Waals surface area contributed by atoms with Crippen LogP contribution in [-0.2, 0) is 9.59 Å². The number of carboxylic acids is 1. The molecule has 0 aliphatic heterocycles. The van der Waals surface area contributed by atoms with E-state index in [1.807, 2.05) is 25.1 Å². The lowest BCUT2D eigenvalue weighted by atomic mass is 10.1. The summed E-state index contributed by atoms with van der Waals surface area (Å²) in [6, 6.07) is 6.54. The maximum absolute atomic E-state index is 12.0. The maximum Gasteiger partial charge on any atom is 0.321 e. The predicted octanol–water partition coefficient (Wildman–Crippen LogP) is 1.89. The van der Waals surface area contributed by atoms with Gasteiger partial charge in [0.25, 0.3) is 0 Å². The number of unbranched alkanes of at least 4 members (excludes halogenated alkanes) is 3. The third-order valence-electron chi connectivity index (χ3n) is 3.63. The topological polar surface area (TPSA) is 104 Å². The molecule has 0 spiro atoms. The molecule has 0 aromatic heterocycles. The first kappa shape index (κ1) is 19.1. The third-order valence-corrected chi connectivity index (χ3v) is 3.63. The number of benzene rings is 1. The molecule has 0 unspecified atom stereocenters. The van der Waals surface area contributed by atoms with Crippen LogP contribution in [0.25, 0.3) is 0 Å². The smallest absolute Gasteiger partial charge is 0.321 e. The third kappa shape index (κ3) is 7.76. The average Bonchev–Trinajstić information content (AvgIpc) is 2.51. The van der Waals surface area contributed by atoms with Crippen LogP contribution >= 0.6 is 0 Å². The molecule has 23 heavy (non-hydrogen) atoms. The van der Waals surface area contributed by atoms with Gasteiger partial charge in [-0.05, 0) is 44.5 Å². The van der Waals surface area contributed by atoms with E-state index >= 15 is 0 Å². The van der Waals surface area contributed by atoms with Crippen LogP contribution < -0.4 is 16.4 Å². The van der Waals surface area contributed by atoms with Gasteiger partial charge in [0.1, 0.15) is 6.04 Å². The Hall–Kier alpha value is -1.92. The lowest BCUT2D eigenvalue weighted by molar-refractivity contribution is -0.141. The van der Waals surface area contributed by atoms with Crippen molar-refractivity contribution in [2.24, 2.45) is 5.73 Å². The van der Waals surface area contributed by atoms with E-state index in [1.54, 1.807) is 6.07 Å². The highest BCUT2D eigenvalue weighted by atomic mass is 16.4. The molecule has 0 saturated carbocycles. The summed E-state index contributed by atoms with van der Waals surface area (Å²) in [5, 5.41) is 14.9. The van der Waals surface area contributed by atoms with E-state index in [0.717, 1.165) is 31.2 Å². The highest BCUT2D eigenvalue weighted by Crippen LogP contribution is 2.13. The number of nitrogens with two attached hydrogens (primary N) is 1. The number of hydrogen-bond donors (Lipinski definition) is 4. The van der Waals surface area contributed by atoms with Crippen molar-refractivity contribution in [3.05, 3.63) is 29.8 Å². The zero-order valence-electron chi connectivity index (χ0n) is 13.7. The zero-order valence-corrected chi connectivity index (χ0v) is 13.7. The van der Waals surface area contributed by atoms with E-state index in [4.69, 9.17) is 5.73 Å². The van der Waals surface area contributed by atoms with E-state index < -0.39 is 12.0 Å². The predicted molar refractivity (Wildman–Crippen MR) is 91.4 cm³/mol. The van der Waals surface area contributed by atoms with E-state index in [1.165, 1.54) is 0 Å². The summed E-state index contributed by atoms with van der Waals surface area (Å²) in [4.78, 5) is 23.3. The van der Waals surface area contributed by atoms with Gasteiger partial charge in [0, 0.05) is 5.69 Å². The first-order chi connectivity index (χ1) is 11.0. The van der Waals surface area contributed by atoms with E-state index in [9.17, 15) is 14.7 Å². The van der Waals surface area contributed by atoms with Crippen molar-refractivity contribution in [2.45, 2.75) is 45.1 Å². The van der Waals surface area contributed by atoms with Crippen LogP contribution in [0.1, 0.15) is 37.7 Å². The summed E-state index contributed by atoms with van der Waals surface area (Å²) in [6.45, 7) is 3.16. The molecule has 0 saturated heterocycles. The number of rotatable bonds is 11. The zero-order chi connectivity index (χ0) is 17.1. The molecule has 0 radical (unpaired) electrons. The summed E-state index contributed by atoms with van der Waals surface area (Å²) in [6.07, 6.45) is 3.83. The minimum Gasteiger partial charge on any atom is -0.480 e. The van der Waals surface area contributed by atoms with Crippen molar-refractivity contribution in [3.8, 4) is 0 Å². The second kappa shape index (κ2) is 10.7. The van der Waals surface area contributed by atoms with Gasteiger partial charge in [0.15, 0.2) is 0 Å². The molecule has 128 valence electrons. The SMILES string of the molecule is Cc1ccccc1NC(=O)C[C@H](NCCCCCCN)C(=O)O. The molecular weight excluding hydrogens is 294 g/mol. The Morgan fingerprint density at radius 2 is 1.87 bits per heavy atom. The molecule has 0 fully saturated rings. The van der Waals surface area contributed by atoms with Crippen LogP contribution in [0.15, 0.2) is 24.3 Å². The van der Waals surface area contributed by atoms with Crippen molar-refractivity contribution in [1.82, 2.24) is 5.32 Å². The number of amides is 1. The number of aliphatic carboxylic acids is 1. The first-order valence-electron chi connectivity index (χ1n) is 8.06. The van der Waals surface area contributed by atoms with Gasteiger partial charge in [-0.25, -0.2) is 0 Å². The molecule has 1 aromatic rings. The Bertz CT molecular complexity index is 506. The number of anilines is 1. The Labute approximate surface area is 137 Å². The van der Waals surface area contributed by atoms with Gasteiger partial charge in [0.2, 0.25) is 5.91 Å². The molecule has 1 aromatic carbocycles. The number of carbonyl (C=O) groups excluding carboxylic acids is 1. The summed E-state index contributed by atoms with van der Waals surface area (Å²) in [5.74, 6) is -1.31. The van der Waals surface area contributed by atoms with Crippen LogP contribution in [0.4, 0.5) is 5.69 Å². The molecule has 0 aliphatic carbocycles. The number of carboxylic acid groups (broad SMARTS) is 1. The summed E-state index contributed by atoms with van der Waals surface area (Å²) in [7, 11) is 0. The fourth-order valence-electron chi connectivity index (χ4n) is 2.25. The minimum atomic E-state index is -1.01. The highest BCUT2D eigenvalue weighted by molar-refractivity contribution is 5.94. The second-order valence-electron chi connectivity index (χ2n) is 5.62. The molecule has 1 amide bonds. The number of hydrogen-bond acceptors (Lipinski definition) is 4. The van der Waals surface area contributed by atoms with E-state index in [0.29, 0.717) is 18.8 Å².